The molecular formula is C38H42N2O3. The molecule has 2 aliphatic rings. The van der Waals surface area contributed by atoms with Crippen molar-refractivity contribution in [1.29, 1.82) is 0 Å². The summed E-state index contributed by atoms with van der Waals surface area (Å²) >= 11 is 0. The van der Waals surface area contributed by atoms with Crippen molar-refractivity contribution in [2.24, 2.45) is 0 Å². The lowest BCUT2D eigenvalue weighted by atomic mass is 9.91. The molecule has 3 unspecified atom stereocenters. The van der Waals surface area contributed by atoms with E-state index in [0.717, 1.165) is 42.3 Å². The number of ether oxygens (including phenoxy) is 3. The number of anilines is 1. The maximum absolute atomic E-state index is 6.32. The summed E-state index contributed by atoms with van der Waals surface area (Å²) in [4.78, 5) is 4.82. The first-order valence-electron chi connectivity index (χ1n) is 15.5. The Morgan fingerprint density at radius 1 is 0.814 bits per heavy atom. The Labute approximate surface area is 256 Å². The fraction of sp³-hybridized carbons (Fsp3) is 0.316. The molecule has 4 aromatic rings. The van der Waals surface area contributed by atoms with E-state index in [4.69, 9.17) is 14.2 Å². The maximum Gasteiger partial charge on any atom is 0.169 e. The van der Waals surface area contributed by atoms with Crippen LogP contribution in [0.25, 0.3) is 0 Å². The number of rotatable bonds is 10. The number of hydrogen-bond donors (Lipinski definition) is 0. The van der Waals surface area contributed by atoms with Crippen molar-refractivity contribution < 1.29 is 14.2 Å². The molecule has 0 fully saturated rings. The van der Waals surface area contributed by atoms with Crippen LogP contribution in [0.15, 0.2) is 109 Å². The van der Waals surface area contributed by atoms with Gasteiger partial charge in [-0.2, -0.15) is 0 Å². The molecule has 2 heterocycles. The predicted octanol–water partition coefficient (Wildman–Crippen LogP) is 8.86. The Bertz CT molecular complexity index is 1520. The van der Waals surface area contributed by atoms with E-state index in [1.165, 1.54) is 35.2 Å². The Morgan fingerprint density at radius 3 is 2.44 bits per heavy atom. The van der Waals surface area contributed by atoms with Crippen molar-refractivity contribution in [2.75, 3.05) is 18.6 Å². The van der Waals surface area contributed by atoms with Gasteiger partial charge >= 0.3 is 0 Å². The van der Waals surface area contributed by atoms with Crippen molar-refractivity contribution in [2.45, 2.75) is 64.4 Å². The zero-order valence-corrected chi connectivity index (χ0v) is 25.5. The van der Waals surface area contributed by atoms with Crippen LogP contribution in [0.4, 0.5) is 5.69 Å². The second-order valence-corrected chi connectivity index (χ2v) is 11.6. The fourth-order valence-corrected chi connectivity index (χ4v) is 6.34. The molecule has 0 bridgehead atoms. The Hall–Kier alpha value is -4.38. The fourth-order valence-electron chi connectivity index (χ4n) is 6.34. The number of hydrogen-bond acceptors (Lipinski definition) is 5. The second kappa shape index (κ2) is 13.3. The third-order valence-corrected chi connectivity index (χ3v) is 8.68. The summed E-state index contributed by atoms with van der Waals surface area (Å²) in [6, 6.07) is 34.1. The second-order valence-electron chi connectivity index (χ2n) is 11.6. The van der Waals surface area contributed by atoms with Crippen molar-refractivity contribution in [3.8, 4) is 17.2 Å². The highest BCUT2D eigenvalue weighted by molar-refractivity contribution is 5.65. The summed E-state index contributed by atoms with van der Waals surface area (Å²) in [6.07, 6.45) is 8.03. The van der Waals surface area contributed by atoms with E-state index in [-0.39, 0.29) is 18.2 Å². The lowest BCUT2D eigenvalue weighted by molar-refractivity contribution is 0.0778. The number of benzene rings is 4. The quantitative estimate of drug-likeness (QED) is 0.189. The molecule has 6 rings (SSSR count). The van der Waals surface area contributed by atoms with Gasteiger partial charge in [0.25, 0.3) is 0 Å². The molecule has 0 saturated heterocycles. The minimum Gasteiger partial charge on any atom is -0.497 e. The predicted molar refractivity (Wildman–Crippen MR) is 174 cm³/mol. The Balaban J connectivity index is 1.23. The first-order chi connectivity index (χ1) is 21.1. The molecule has 2 aliphatic heterocycles. The molecule has 0 amide bonds. The van der Waals surface area contributed by atoms with Gasteiger partial charge in [-0.1, -0.05) is 67.6 Å². The van der Waals surface area contributed by atoms with Gasteiger partial charge in [-0.25, -0.2) is 0 Å². The van der Waals surface area contributed by atoms with Crippen LogP contribution in [-0.4, -0.2) is 24.8 Å². The van der Waals surface area contributed by atoms with Gasteiger partial charge in [0.2, 0.25) is 0 Å². The van der Waals surface area contributed by atoms with Crippen molar-refractivity contribution in [1.82, 2.24) is 4.90 Å². The molecule has 0 aromatic heterocycles. The molecular weight excluding hydrogens is 532 g/mol. The summed E-state index contributed by atoms with van der Waals surface area (Å²) in [7, 11) is 1.73. The SMILES string of the molecule is COc1cccc(C2C(C)c3cc(OCc4ccccc4)ccc3N2Cc2ccc(OC(C)N3C=CCCCC3)cc2)c1. The van der Waals surface area contributed by atoms with E-state index >= 15 is 0 Å². The number of nitrogens with zero attached hydrogens (tertiary/aromatic N) is 2. The van der Waals surface area contributed by atoms with Gasteiger partial charge in [0.05, 0.1) is 13.2 Å². The van der Waals surface area contributed by atoms with E-state index in [1.807, 2.05) is 24.3 Å². The molecule has 222 valence electrons. The van der Waals surface area contributed by atoms with E-state index in [0.29, 0.717) is 6.61 Å². The van der Waals surface area contributed by atoms with Gasteiger partial charge in [0.15, 0.2) is 6.23 Å². The van der Waals surface area contributed by atoms with Crippen molar-refractivity contribution in [3.63, 3.8) is 0 Å². The first kappa shape index (κ1) is 28.7. The lowest BCUT2D eigenvalue weighted by Gasteiger charge is -2.30. The van der Waals surface area contributed by atoms with Crippen LogP contribution in [0.3, 0.4) is 0 Å². The molecule has 0 N–H and O–H groups in total. The van der Waals surface area contributed by atoms with E-state index < -0.39 is 0 Å². The first-order valence-corrected chi connectivity index (χ1v) is 15.5. The zero-order valence-electron chi connectivity index (χ0n) is 25.5. The smallest absolute Gasteiger partial charge is 0.169 e. The van der Waals surface area contributed by atoms with Crippen LogP contribution in [0.2, 0.25) is 0 Å². The third-order valence-electron chi connectivity index (χ3n) is 8.68. The normalized spacial score (nSPS) is 18.6. The molecule has 43 heavy (non-hydrogen) atoms. The Kier molecular flexibility index (Phi) is 8.88. The topological polar surface area (TPSA) is 34.2 Å². The van der Waals surface area contributed by atoms with E-state index in [9.17, 15) is 0 Å². The number of fused-ring (bicyclic) bond motifs is 1. The summed E-state index contributed by atoms with van der Waals surface area (Å²) < 4.78 is 18.2. The van der Waals surface area contributed by atoms with Crippen molar-refractivity contribution in [3.05, 3.63) is 132 Å². The van der Waals surface area contributed by atoms with Crippen LogP contribution in [0.1, 0.15) is 67.3 Å². The van der Waals surface area contributed by atoms with Gasteiger partial charge in [-0.15, -0.1) is 0 Å². The van der Waals surface area contributed by atoms with Crippen molar-refractivity contribution >= 4 is 5.69 Å². The minimum atomic E-state index is 0.00209. The Morgan fingerprint density at radius 2 is 1.63 bits per heavy atom. The number of allylic oxidation sites excluding steroid dienone is 1. The number of methoxy groups -OCH3 is 1. The minimum absolute atomic E-state index is 0.00209. The highest BCUT2D eigenvalue weighted by atomic mass is 16.5. The van der Waals surface area contributed by atoms with Gasteiger partial charge in [-0.3, -0.25) is 0 Å². The van der Waals surface area contributed by atoms with Crippen LogP contribution in [-0.2, 0) is 13.2 Å². The molecule has 0 spiro atoms. The third kappa shape index (κ3) is 6.67. The van der Waals surface area contributed by atoms with Crippen LogP contribution < -0.4 is 19.1 Å². The summed E-state index contributed by atoms with van der Waals surface area (Å²) in [5.74, 6) is 2.94. The summed E-state index contributed by atoms with van der Waals surface area (Å²) in [5, 5.41) is 0. The average molecular weight is 575 g/mol. The van der Waals surface area contributed by atoms with E-state index in [1.54, 1.807) is 7.11 Å². The molecule has 0 saturated carbocycles. The largest absolute Gasteiger partial charge is 0.497 e. The standard InChI is InChI=1S/C38H42N2O3/c1-28-36-25-35(42-27-31-12-7-6-8-13-31)20-21-37(36)40(38(28)32-14-11-15-34(24-32)41-3)26-30-16-18-33(19-17-30)43-29(2)39-22-9-4-5-10-23-39/h6-9,11-22,24-25,28-29,38H,4-5,10,23,26-27H2,1-3H3. The lowest BCUT2D eigenvalue weighted by Crippen LogP contribution is -2.33. The van der Waals surface area contributed by atoms with Gasteiger partial charge in [-0.05, 0) is 97.1 Å². The van der Waals surface area contributed by atoms with Gasteiger partial charge < -0.3 is 24.0 Å². The maximum atomic E-state index is 6.32. The molecule has 5 nitrogen and oxygen atoms in total. The zero-order chi connectivity index (χ0) is 29.6. The van der Waals surface area contributed by atoms with Gasteiger partial charge in [0.1, 0.15) is 23.9 Å². The van der Waals surface area contributed by atoms with E-state index in [2.05, 4.69) is 109 Å². The van der Waals surface area contributed by atoms with Crippen LogP contribution >= 0.6 is 0 Å². The monoisotopic (exact) mass is 574 g/mol. The average Bonchev–Trinajstić information content (AvgIpc) is 3.19. The van der Waals surface area contributed by atoms with Crippen LogP contribution in [0.5, 0.6) is 17.2 Å². The molecule has 3 atom stereocenters. The van der Waals surface area contributed by atoms with Gasteiger partial charge in [0, 0.05) is 24.7 Å². The van der Waals surface area contributed by atoms with Crippen LogP contribution in [0, 0.1) is 0 Å². The highest BCUT2D eigenvalue weighted by Crippen LogP contribution is 2.51. The molecule has 5 heteroatoms. The summed E-state index contributed by atoms with van der Waals surface area (Å²) in [5.41, 5.74) is 6.20. The molecule has 4 aromatic carbocycles. The molecule has 0 aliphatic carbocycles. The molecule has 0 radical (unpaired) electrons. The summed E-state index contributed by atoms with van der Waals surface area (Å²) in [6.45, 7) is 6.82. The highest BCUT2D eigenvalue weighted by Gasteiger charge is 2.37.